The monoisotopic (exact) mass is 343 g/mol. The first kappa shape index (κ1) is 18.5. The second-order valence-electron chi connectivity index (χ2n) is 7.43. The Morgan fingerprint density at radius 2 is 2.09 bits per heavy atom. The third-order valence-corrected chi connectivity index (χ3v) is 5.91. The number of nitrogens with one attached hydrogen (secondary N) is 2. The molecule has 2 aliphatic heterocycles. The molecule has 0 aromatic carbocycles. The van der Waals surface area contributed by atoms with Crippen molar-refractivity contribution in [1.82, 2.24) is 15.5 Å². The summed E-state index contributed by atoms with van der Waals surface area (Å²) in [5.41, 5.74) is -0.131. The summed E-state index contributed by atoms with van der Waals surface area (Å²) in [4.78, 5) is 26.4. The summed E-state index contributed by atoms with van der Waals surface area (Å²) in [5.74, 6) is 1.35. The molecule has 2 amide bonds. The van der Waals surface area contributed by atoms with Gasteiger partial charge in [-0.2, -0.15) is 0 Å². The Morgan fingerprint density at radius 1 is 1.26 bits per heavy atom. The minimum Gasteiger partial charge on any atom is -0.356 e. The third kappa shape index (κ3) is 3.82. The largest absolute Gasteiger partial charge is 0.356 e. The Balaban J connectivity index is 0.00000192. The predicted octanol–water partition coefficient (Wildman–Crippen LogP) is 1.56. The van der Waals surface area contributed by atoms with E-state index in [1.165, 1.54) is 19.3 Å². The Bertz CT molecular complexity index is 446. The fourth-order valence-electron chi connectivity index (χ4n) is 4.69. The third-order valence-electron chi connectivity index (χ3n) is 5.91. The van der Waals surface area contributed by atoms with Gasteiger partial charge in [0.15, 0.2) is 0 Å². The fraction of sp³-hybridized carbons (Fsp3) is 0.882. The average Bonchev–Trinajstić information content (AvgIpc) is 2.97. The lowest BCUT2D eigenvalue weighted by Gasteiger charge is -2.43. The lowest BCUT2D eigenvalue weighted by Crippen LogP contribution is -2.53. The van der Waals surface area contributed by atoms with Gasteiger partial charge in [-0.1, -0.05) is 12.8 Å². The molecule has 6 heteroatoms. The molecule has 0 bridgehead atoms. The van der Waals surface area contributed by atoms with Crippen molar-refractivity contribution in [2.75, 3.05) is 32.7 Å². The van der Waals surface area contributed by atoms with E-state index < -0.39 is 0 Å². The number of likely N-dealkylation sites (tertiary alicyclic amines) is 1. The van der Waals surface area contributed by atoms with Crippen molar-refractivity contribution in [2.45, 2.75) is 45.4 Å². The molecular formula is C17H30ClN3O2. The van der Waals surface area contributed by atoms with Crippen LogP contribution in [0.5, 0.6) is 0 Å². The van der Waals surface area contributed by atoms with Gasteiger partial charge in [0.2, 0.25) is 11.8 Å². The number of carbonyl (C=O) groups is 2. The number of carbonyl (C=O) groups excluding carboxylic acids is 2. The molecule has 1 saturated carbocycles. The summed E-state index contributed by atoms with van der Waals surface area (Å²) in [6.45, 7) is 5.84. The van der Waals surface area contributed by atoms with Gasteiger partial charge in [0.1, 0.15) is 0 Å². The van der Waals surface area contributed by atoms with Crippen molar-refractivity contribution in [3.05, 3.63) is 0 Å². The van der Waals surface area contributed by atoms with E-state index in [0.717, 1.165) is 45.4 Å². The van der Waals surface area contributed by atoms with Crippen LogP contribution in [0.4, 0.5) is 0 Å². The van der Waals surface area contributed by atoms with Crippen molar-refractivity contribution in [2.24, 2.45) is 17.3 Å². The number of hydrogen-bond donors (Lipinski definition) is 2. The van der Waals surface area contributed by atoms with Gasteiger partial charge in [0.25, 0.3) is 0 Å². The number of halogens is 1. The molecule has 1 unspecified atom stereocenters. The molecule has 3 aliphatic rings. The van der Waals surface area contributed by atoms with Crippen LogP contribution < -0.4 is 10.6 Å². The summed E-state index contributed by atoms with van der Waals surface area (Å²) in [5, 5.41) is 6.38. The van der Waals surface area contributed by atoms with E-state index in [1.807, 2.05) is 0 Å². The number of rotatable bonds is 3. The van der Waals surface area contributed by atoms with Crippen LogP contribution in [-0.2, 0) is 9.59 Å². The second kappa shape index (κ2) is 7.84. The summed E-state index contributed by atoms with van der Waals surface area (Å²) in [6.07, 6.45) is 6.88. The zero-order chi connectivity index (χ0) is 15.6. The molecule has 3 rings (SSSR count). The van der Waals surface area contributed by atoms with E-state index in [2.05, 4.69) is 15.5 Å². The maximum atomic E-state index is 13.2. The first-order valence-electron chi connectivity index (χ1n) is 8.86. The van der Waals surface area contributed by atoms with Crippen LogP contribution in [0.15, 0.2) is 0 Å². The second-order valence-corrected chi connectivity index (χ2v) is 7.43. The molecular weight excluding hydrogens is 314 g/mol. The van der Waals surface area contributed by atoms with Gasteiger partial charge in [0, 0.05) is 33.1 Å². The quantitative estimate of drug-likeness (QED) is 0.817. The first-order chi connectivity index (χ1) is 10.6. The van der Waals surface area contributed by atoms with Crippen LogP contribution in [0.2, 0.25) is 0 Å². The van der Waals surface area contributed by atoms with Crippen LogP contribution >= 0.6 is 12.4 Å². The molecule has 0 aromatic heterocycles. The number of nitrogens with zero attached hydrogens (tertiary/aromatic N) is 1. The highest BCUT2D eigenvalue weighted by molar-refractivity contribution is 5.85. The van der Waals surface area contributed by atoms with Crippen LogP contribution in [0.1, 0.15) is 45.4 Å². The molecule has 0 spiro atoms. The minimum atomic E-state index is -0.131. The van der Waals surface area contributed by atoms with Gasteiger partial charge >= 0.3 is 0 Å². The van der Waals surface area contributed by atoms with Crippen LogP contribution in [0.25, 0.3) is 0 Å². The smallest absolute Gasteiger partial charge is 0.230 e. The number of amides is 2. The Kier molecular flexibility index (Phi) is 6.32. The van der Waals surface area contributed by atoms with E-state index in [-0.39, 0.29) is 23.7 Å². The van der Waals surface area contributed by atoms with Crippen LogP contribution in [0.3, 0.4) is 0 Å². The highest BCUT2D eigenvalue weighted by Crippen LogP contribution is 2.45. The lowest BCUT2D eigenvalue weighted by molar-refractivity contribution is -0.147. The summed E-state index contributed by atoms with van der Waals surface area (Å²) < 4.78 is 0. The molecule has 132 valence electrons. The summed E-state index contributed by atoms with van der Waals surface area (Å²) >= 11 is 0. The van der Waals surface area contributed by atoms with E-state index in [9.17, 15) is 9.59 Å². The maximum Gasteiger partial charge on any atom is 0.230 e. The minimum absolute atomic E-state index is 0. The van der Waals surface area contributed by atoms with Crippen molar-refractivity contribution in [3.63, 3.8) is 0 Å². The molecule has 0 aromatic rings. The van der Waals surface area contributed by atoms with Crippen molar-refractivity contribution < 1.29 is 9.59 Å². The molecule has 2 heterocycles. The van der Waals surface area contributed by atoms with E-state index in [1.54, 1.807) is 6.92 Å². The van der Waals surface area contributed by atoms with Gasteiger partial charge < -0.3 is 15.5 Å². The topological polar surface area (TPSA) is 61.4 Å². The van der Waals surface area contributed by atoms with Crippen LogP contribution in [-0.4, -0.2) is 49.4 Å². The summed E-state index contributed by atoms with van der Waals surface area (Å²) in [7, 11) is 0. The normalized spacial score (nSPS) is 33.5. The average molecular weight is 344 g/mol. The van der Waals surface area contributed by atoms with Gasteiger partial charge in [0.05, 0.1) is 5.41 Å². The van der Waals surface area contributed by atoms with Crippen molar-refractivity contribution in [1.29, 1.82) is 0 Å². The highest BCUT2D eigenvalue weighted by atomic mass is 35.5. The van der Waals surface area contributed by atoms with Gasteiger partial charge in [-0.05, 0) is 44.1 Å². The summed E-state index contributed by atoms with van der Waals surface area (Å²) in [6, 6.07) is 0. The lowest BCUT2D eigenvalue weighted by atomic mass is 9.67. The van der Waals surface area contributed by atoms with Gasteiger partial charge in [-0.15, -0.1) is 12.4 Å². The Morgan fingerprint density at radius 3 is 2.87 bits per heavy atom. The molecule has 5 nitrogen and oxygen atoms in total. The molecule has 3 fully saturated rings. The SMILES string of the molecule is CC(=O)NCC1CCCN(C(=O)[C@@]23CCCC[C@H]2CNC3)C1.Cl. The molecule has 1 aliphatic carbocycles. The first-order valence-corrected chi connectivity index (χ1v) is 8.86. The van der Waals surface area contributed by atoms with Crippen LogP contribution in [0, 0.1) is 17.3 Å². The number of piperidine rings is 1. The van der Waals surface area contributed by atoms with E-state index in [0.29, 0.717) is 24.3 Å². The predicted molar refractivity (Wildman–Crippen MR) is 92.5 cm³/mol. The zero-order valence-electron chi connectivity index (χ0n) is 14.1. The van der Waals surface area contributed by atoms with Crippen molar-refractivity contribution in [3.8, 4) is 0 Å². The molecule has 2 N–H and O–H groups in total. The fourth-order valence-corrected chi connectivity index (χ4v) is 4.69. The molecule has 3 atom stereocenters. The molecule has 2 saturated heterocycles. The maximum absolute atomic E-state index is 13.2. The van der Waals surface area contributed by atoms with Gasteiger partial charge in [-0.25, -0.2) is 0 Å². The zero-order valence-corrected chi connectivity index (χ0v) is 14.9. The standard InChI is InChI=1S/C17H29N3O2.ClH/c1-13(21)19-9-14-5-4-8-20(11-14)16(22)17-7-3-2-6-15(17)10-18-12-17;/h14-15,18H,2-12H2,1H3,(H,19,21);1H/t14?,15-,17+;/m0./s1. The highest BCUT2D eigenvalue weighted by Gasteiger charge is 2.51. The van der Waals surface area contributed by atoms with Crippen molar-refractivity contribution >= 4 is 24.2 Å². The number of hydrogen-bond acceptors (Lipinski definition) is 3. The van der Waals surface area contributed by atoms with E-state index >= 15 is 0 Å². The molecule has 23 heavy (non-hydrogen) atoms. The van der Waals surface area contributed by atoms with E-state index in [4.69, 9.17) is 0 Å². The Labute approximate surface area is 145 Å². The molecule has 0 radical (unpaired) electrons. The Hall–Kier alpha value is -0.810. The van der Waals surface area contributed by atoms with Gasteiger partial charge in [-0.3, -0.25) is 9.59 Å². The number of fused-ring (bicyclic) bond motifs is 1.